The van der Waals surface area contributed by atoms with Crippen LogP contribution in [0.5, 0.6) is 5.75 Å². The smallest absolute Gasteiger partial charge is 0.278 e. The minimum absolute atomic E-state index is 0.0748. The van der Waals surface area contributed by atoms with Gasteiger partial charge in [-0.1, -0.05) is 5.16 Å². The lowest BCUT2D eigenvalue weighted by atomic mass is 10.0. The molecule has 3 aliphatic heterocycles. The van der Waals surface area contributed by atoms with Crippen molar-refractivity contribution in [3.05, 3.63) is 47.8 Å². The van der Waals surface area contributed by atoms with E-state index >= 15 is 0 Å². The molecule has 2 saturated heterocycles. The fourth-order valence-electron chi connectivity index (χ4n) is 4.96. The van der Waals surface area contributed by atoms with Gasteiger partial charge in [0.1, 0.15) is 18.7 Å². The number of benzene rings is 1. The molecule has 1 unspecified atom stereocenters. The molecule has 0 bridgehead atoms. The van der Waals surface area contributed by atoms with Crippen molar-refractivity contribution < 1.29 is 23.5 Å². The molecule has 1 atom stereocenters. The molecular weight excluding hydrogens is 464 g/mol. The second-order valence-electron chi connectivity index (χ2n) is 9.41. The van der Waals surface area contributed by atoms with Gasteiger partial charge in [-0.05, 0) is 24.6 Å². The summed E-state index contributed by atoms with van der Waals surface area (Å²) in [4.78, 5) is 9.26. The number of methoxy groups -OCH3 is 1. The number of rotatable bonds is 7. The molecule has 11 heteroatoms. The average molecular weight is 491 g/mol. The van der Waals surface area contributed by atoms with Crippen LogP contribution >= 0.6 is 0 Å². The van der Waals surface area contributed by atoms with E-state index in [1.54, 1.807) is 13.4 Å². The average Bonchev–Trinajstić information content (AvgIpc) is 3.66. The zero-order valence-electron chi connectivity index (χ0n) is 19.9. The SMILES string of the molecule is COc1ccc2c(c1)-c1nn(CC3COC3)cc1Cc1c(-c3nc(COC4CCOC4)no3)ncn1-2. The number of ether oxygens (including phenoxy) is 4. The Morgan fingerprint density at radius 1 is 1.14 bits per heavy atom. The first kappa shape index (κ1) is 21.7. The predicted octanol–water partition coefficient (Wildman–Crippen LogP) is 2.65. The van der Waals surface area contributed by atoms with E-state index in [-0.39, 0.29) is 12.7 Å². The Labute approximate surface area is 206 Å². The van der Waals surface area contributed by atoms with Gasteiger partial charge < -0.3 is 28.0 Å². The molecule has 6 heterocycles. The van der Waals surface area contributed by atoms with E-state index in [1.807, 2.05) is 22.9 Å². The molecule has 4 aromatic rings. The highest BCUT2D eigenvalue weighted by molar-refractivity contribution is 5.77. The van der Waals surface area contributed by atoms with Gasteiger partial charge in [0.15, 0.2) is 11.5 Å². The molecule has 36 heavy (non-hydrogen) atoms. The van der Waals surface area contributed by atoms with Crippen LogP contribution < -0.4 is 4.74 Å². The van der Waals surface area contributed by atoms with Gasteiger partial charge in [0.25, 0.3) is 5.89 Å². The maximum absolute atomic E-state index is 5.85. The van der Waals surface area contributed by atoms with E-state index in [0.29, 0.717) is 36.4 Å². The number of aromatic nitrogens is 6. The molecule has 11 nitrogen and oxygen atoms in total. The lowest BCUT2D eigenvalue weighted by molar-refractivity contribution is -0.0408. The van der Waals surface area contributed by atoms with E-state index < -0.39 is 0 Å². The van der Waals surface area contributed by atoms with Crippen molar-refractivity contribution in [2.24, 2.45) is 5.92 Å². The van der Waals surface area contributed by atoms with Crippen LogP contribution in [-0.2, 0) is 33.8 Å². The number of fused-ring (bicyclic) bond motifs is 5. The Balaban J connectivity index is 1.25. The van der Waals surface area contributed by atoms with Gasteiger partial charge in [0.05, 0.1) is 50.1 Å². The van der Waals surface area contributed by atoms with Gasteiger partial charge in [-0.15, -0.1) is 0 Å². The van der Waals surface area contributed by atoms with Crippen LogP contribution in [0.3, 0.4) is 0 Å². The summed E-state index contributed by atoms with van der Waals surface area (Å²) >= 11 is 0. The molecule has 7 rings (SSSR count). The van der Waals surface area contributed by atoms with Crippen molar-refractivity contribution in [2.75, 3.05) is 33.5 Å². The number of nitrogens with zero attached hydrogens (tertiary/aromatic N) is 6. The highest BCUT2D eigenvalue weighted by Gasteiger charge is 2.29. The van der Waals surface area contributed by atoms with E-state index in [9.17, 15) is 0 Å². The molecule has 2 fully saturated rings. The first-order valence-electron chi connectivity index (χ1n) is 12.2. The Kier molecular flexibility index (Phi) is 5.33. The molecule has 0 amide bonds. The second-order valence-corrected chi connectivity index (χ2v) is 9.41. The summed E-state index contributed by atoms with van der Waals surface area (Å²) in [6.45, 7) is 4.00. The number of imidazole rings is 1. The molecule has 3 aromatic heterocycles. The van der Waals surface area contributed by atoms with E-state index in [0.717, 1.165) is 66.7 Å². The van der Waals surface area contributed by atoms with Crippen molar-refractivity contribution in [3.8, 4) is 34.3 Å². The van der Waals surface area contributed by atoms with Gasteiger partial charge >= 0.3 is 0 Å². The number of hydrogen-bond donors (Lipinski definition) is 0. The molecule has 3 aliphatic rings. The molecule has 0 aliphatic carbocycles. The maximum atomic E-state index is 5.85. The fourth-order valence-corrected chi connectivity index (χ4v) is 4.96. The van der Waals surface area contributed by atoms with Crippen LogP contribution in [-0.4, -0.2) is 69.1 Å². The normalized spacial score (nSPS) is 18.9. The maximum Gasteiger partial charge on any atom is 0.278 e. The first-order chi connectivity index (χ1) is 17.7. The quantitative estimate of drug-likeness (QED) is 0.340. The van der Waals surface area contributed by atoms with E-state index in [2.05, 4.69) is 25.9 Å². The summed E-state index contributed by atoms with van der Waals surface area (Å²) in [6.07, 6.45) is 5.51. The van der Waals surface area contributed by atoms with Gasteiger partial charge in [-0.25, -0.2) is 4.98 Å². The van der Waals surface area contributed by atoms with Gasteiger partial charge in [-0.3, -0.25) is 4.68 Å². The lowest BCUT2D eigenvalue weighted by Gasteiger charge is -2.25. The Hall–Kier alpha value is -3.54. The van der Waals surface area contributed by atoms with Crippen molar-refractivity contribution >= 4 is 0 Å². The molecule has 1 aromatic carbocycles. The molecule has 186 valence electrons. The van der Waals surface area contributed by atoms with Crippen LogP contribution in [0.4, 0.5) is 0 Å². The van der Waals surface area contributed by atoms with Crippen molar-refractivity contribution in [2.45, 2.75) is 32.1 Å². The largest absolute Gasteiger partial charge is 0.497 e. The molecular formula is C25H26N6O5. The molecule has 0 N–H and O–H groups in total. The number of hydrogen-bond acceptors (Lipinski definition) is 9. The second kappa shape index (κ2) is 8.84. The van der Waals surface area contributed by atoms with Crippen LogP contribution in [0.2, 0.25) is 0 Å². The first-order valence-corrected chi connectivity index (χ1v) is 12.2. The Morgan fingerprint density at radius 3 is 2.89 bits per heavy atom. The third-order valence-electron chi connectivity index (χ3n) is 6.94. The Bertz CT molecular complexity index is 1400. The monoisotopic (exact) mass is 490 g/mol. The third-order valence-corrected chi connectivity index (χ3v) is 6.94. The van der Waals surface area contributed by atoms with E-state index in [1.165, 1.54) is 0 Å². The van der Waals surface area contributed by atoms with Crippen molar-refractivity contribution in [1.82, 2.24) is 29.5 Å². The molecule has 0 spiro atoms. The van der Waals surface area contributed by atoms with Crippen molar-refractivity contribution in [1.29, 1.82) is 0 Å². The predicted molar refractivity (Wildman–Crippen MR) is 126 cm³/mol. The summed E-state index contributed by atoms with van der Waals surface area (Å²) in [5.41, 5.74) is 5.64. The van der Waals surface area contributed by atoms with Gasteiger partial charge in [0.2, 0.25) is 0 Å². The van der Waals surface area contributed by atoms with Gasteiger partial charge in [0, 0.05) is 42.8 Å². The summed E-state index contributed by atoms with van der Waals surface area (Å²) in [6, 6.07) is 6.01. The zero-order valence-corrected chi connectivity index (χ0v) is 19.9. The van der Waals surface area contributed by atoms with Crippen LogP contribution in [0.1, 0.15) is 23.5 Å². The highest BCUT2D eigenvalue weighted by atomic mass is 16.5. The van der Waals surface area contributed by atoms with Crippen LogP contribution in [0, 0.1) is 5.92 Å². The molecule has 0 saturated carbocycles. The van der Waals surface area contributed by atoms with Crippen LogP contribution in [0.15, 0.2) is 35.2 Å². The summed E-state index contributed by atoms with van der Waals surface area (Å²) in [5, 5.41) is 9.10. The minimum atomic E-state index is 0.0748. The van der Waals surface area contributed by atoms with Gasteiger partial charge in [-0.2, -0.15) is 10.1 Å². The summed E-state index contributed by atoms with van der Waals surface area (Å²) < 4.78 is 31.8. The zero-order chi connectivity index (χ0) is 24.1. The summed E-state index contributed by atoms with van der Waals surface area (Å²) in [7, 11) is 1.67. The van der Waals surface area contributed by atoms with E-state index in [4.69, 9.17) is 28.6 Å². The standard InChI is InChI=1S/C25H26N6O5/c1-32-17-2-3-20-19(7-17)23-16(9-30(28-23)8-15-10-34-11-15)6-21-24(26-14-31(20)21)25-27-22(29-36-25)13-35-18-4-5-33-12-18/h2-3,7,9,14-15,18H,4-6,8,10-13H2,1H3. The fraction of sp³-hybridized carbons (Fsp3) is 0.440. The Morgan fingerprint density at radius 2 is 2.08 bits per heavy atom. The molecule has 0 radical (unpaired) electrons. The topological polar surface area (TPSA) is 111 Å². The summed E-state index contributed by atoms with van der Waals surface area (Å²) in [5.74, 6) is 2.14. The van der Waals surface area contributed by atoms with Crippen molar-refractivity contribution in [3.63, 3.8) is 0 Å². The lowest BCUT2D eigenvalue weighted by Crippen LogP contribution is -2.31. The minimum Gasteiger partial charge on any atom is -0.497 e. The third kappa shape index (κ3) is 3.80. The van der Waals surface area contributed by atoms with Crippen LogP contribution in [0.25, 0.3) is 28.5 Å². The highest BCUT2D eigenvalue weighted by Crippen LogP contribution is 2.39.